The van der Waals surface area contributed by atoms with Gasteiger partial charge in [0.15, 0.2) is 0 Å². The maximum Gasteiger partial charge on any atom is 0.129 e. The highest BCUT2D eigenvalue weighted by molar-refractivity contribution is 6.30. The Hall–Kier alpha value is -1.84. The number of hydrogen-bond donors (Lipinski definition) is 0. The molecule has 6 heteroatoms. The monoisotopic (exact) mass is 247 g/mol. The lowest BCUT2D eigenvalue weighted by Gasteiger charge is -2.19. The number of aromatic nitrogens is 2. The normalized spacial score (nSPS) is 11.2. The van der Waals surface area contributed by atoms with E-state index in [1.54, 1.807) is 24.7 Å². The smallest absolute Gasteiger partial charge is 0.129 e. The molecular weight excluding hydrogens is 238 g/mol. The van der Waals surface area contributed by atoms with Crippen molar-refractivity contribution in [1.82, 2.24) is 9.97 Å². The molecule has 0 aliphatic rings. The van der Waals surface area contributed by atoms with Crippen molar-refractivity contribution in [1.29, 1.82) is 0 Å². The number of rotatable bonds is 2. The molecular formula is C11H10ClN5. The van der Waals surface area contributed by atoms with Gasteiger partial charge >= 0.3 is 0 Å². The van der Waals surface area contributed by atoms with Crippen LogP contribution in [0.3, 0.4) is 0 Å². The molecule has 0 N–H and O–H groups in total. The fourth-order valence-corrected chi connectivity index (χ4v) is 1.85. The molecule has 5 nitrogen and oxygen atoms in total. The molecule has 0 amide bonds. The van der Waals surface area contributed by atoms with E-state index in [-0.39, 0.29) is 0 Å². The van der Waals surface area contributed by atoms with Crippen molar-refractivity contribution in [2.75, 3.05) is 0 Å². The molecule has 0 aliphatic carbocycles. The van der Waals surface area contributed by atoms with Gasteiger partial charge in [0.05, 0.1) is 5.54 Å². The Morgan fingerprint density at radius 2 is 2.12 bits per heavy atom. The van der Waals surface area contributed by atoms with E-state index >= 15 is 0 Å². The van der Waals surface area contributed by atoms with Crippen LogP contribution in [0.25, 0.3) is 21.2 Å². The average Bonchev–Trinajstić information content (AvgIpc) is 2.28. The maximum atomic E-state index is 8.59. The third-order valence-electron chi connectivity index (χ3n) is 2.56. The summed E-state index contributed by atoms with van der Waals surface area (Å²) >= 11 is 5.88. The predicted molar refractivity (Wildman–Crippen MR) is 66.7 cm³/mol. The highest BCUT2D eigenvalue weighted by Crippen LogP contribution is 2.31. The Kier molecular flexibility index (Phi) is 2.88. The van der Waals surface area contributed by atoms with Gasteiger partial charge < -0.3 is 0 Å². The van der Waals surface area contributed by atoms with Gasteiger partial charge in [-0.25, -0.2) is 4.98 Å². The molecule has 0 saturated carbocycles. The van der Waals surface area contributed by atoms with Gasteiger partial charge in [-0.3, -0.25) is 4.98 Å². The van der Waals surface area contributed by atoms with E-state index in [9.17, 15) is 0 Å². The van der Waals surface area contributed by atoms with Gasteiger partial charge in [0.25, 0.3) is 0 Å². The van der Waals surface area contributed by atoms with E-state index in [0.717, 1.165) is 16.3 Å². The highest BCUT2D eigenvalue weighted by atomic mass is 35.5. The SMILES string of the molecule is CC(C)(N=[N+]=[N-])c1cncc2cnc(Cl)cc12. The molecule has 0 saturated heterocycles. The number of hydrogen-bond acceptors (Lipinski definition) is 3. The van der Waals surface area contributed by atoms with Crippen molar-refractivity contribution in [2.45, 2.75) is 19.4 Å². The number of nitrogens with zero attached hydrogens (tertiary/aromatic N) is 5. The van der Waals surface area contributed by atoms with E-state index < -0.39 is 5.54 Å². The lowest BCUT2D eigenvalue weighted by atomic mass is 9.93. The first-order valence-electron chi connectivity index (χ1n) is 5.00. The zero-order valence-corrected chi connectivity index (χ0v) is 10.2. The van der Waals surface area contributed by atoms with Crippen LogP contribution in [0.15, 0.2) is 29.8 Å². The van der Waals surface area contributed by atoms with E-state index in [0.29, 0.717) is 5.15 Å². The summed E-state index contributed by atoms with van der Waals surface area (Å²) in [5.41, 5.74) is 8.75. The summed E-state index contributed by atoms with van der Waals surface area (Å²) in [7, 11) is 0. The molecule has 0 atom stereocenters. The minimum absolute atomic E-state index is 0.404. The van der Waals surface area contributed by atoms with E-state index in [1.165, 1.54) is 0 Å². The van der Waals surface area contributed by atoms with Gasteiger partial charge in [-0.1, -0.05) is 30.6 Å². The van der Waals surface area contributed by atoms with Gasteiger partial charge in [0.2, 0.25) is 0 Å². The van der Waals surface area contributed by atoms with Crippen molar-refractivity contribution >= 4 is 22.4 Å². The zero-order valence-electron chi connectivity index (χ0n) is 9.42. The molecule has 0 aromatic carbocycles. The van der Waals surface area contributed by atoms with Crippen LogP contribution in [0.1, 0.15) is 19.4 Å². The molecule has 0 spiro atoms. The summed E-state index contributed by atoms with van der Waals surface area (Å²) in [4.78, 5) is 11.0. The summed E-state index contributed by atoms with van der Waals surface area (Å²) < 4.78 is 0. The Bertz CT molecular complexity index is 616. The molecule has 0 fully saturated rings. The van der Waals surface area contributed by atoms with Gasteiger partial charge in [-0.2, -0.15) is 0 Å². The fraction of sp³-hybridized carbons (Fsp3) is 0.273. The topological polar surface area (TPSA) is 74.5 Å². The third-order valence-corrected chi connectivity index (χ3v) is 2.77. The summed E-state index contributed by atoms with van der Waals surface area (Å²) in [5, 5.41) is 5.96. The van der Waals surface area contributed by atoms with Crippen LogP contribution in [0.4, 0.5) is 0 Å². The minimum atomic E-state index is -0.675. The van der Waals surface area contributed by atoms with Crippen LogP contribution in [-0.4, -0.2) is 9.97 Å². The van der Waals surface area contributed by atoms with E-state index in [4.69, 9.17) is 17.1 Å². The van der Waals surface area contributed by atoms with Gasteiger partial charge in [0, 0.05) is 28.9 Å². The van der Waals surface area contributed by atoms with Gasteiger partial charge in [0.1, 0.15) is 5.15 Å². The molecule has 0 bridgehead atoms. The summed E-state index contributed by atoms with van der Waals surface area (Å²) in [5.74, 6) is 0. The number of halogens is 1. The summed E-state index contributed by atoms with van der Waals surface area (Å²) in [6.45, 7) is 3.66. The molecule has 0 radical (unpaired) electrons. The minimum Gasteiger partial charge on any atom is -0.264 e. The first-order valence-corrected chi connectivity index (χ1v) is 5.38. The Morgan fingerprint density at radius 1 is 1.35 bits per heavy atom. The quantitative estimate of drug-likeness (QED) is 0.350. The molecule has 86 valence electrons. The van der Waals surface area contributed by atoms with Crippen LogP contribution >= 0.6 is 11.6 Å². The second-order valence-corrected chi connectivity index (χ2v) is 4.55. The van der Waals surface area contributed by atoms with Crippen molar-refractivity contribution in [3.8, 4) is 0 Å². The van der Waals surface area contributed by atoms with Crippen LogP contribution in [0.2, 0.25) is 5.15 Å². The fourth-order valence-electron chi connectivity index (χ4n) is 1.69. The molecule has 0 aliphatic heterocycles. The van der Waals surface area contributed by atoms with Crippen LogP contribution in [0.5, 0.6) is 0 Å². The predicted octanol–water partition coefficient (Wildman–Crippen LogP) is 3.83. The number of fused-ring (bicyclic) bond motifs is 1. The standard InChI is InChI=1S/C11H10ClN5/c1-11(2,16-17-13)9-6-14-4-7-5-15-10(12)3-8(7)9/h3-6H,1-2H3. The summed E-state index contributed by atoms with van der Waals surface area (Å²) in [6.07, 6.45) is 5.04. The number of pyridine rings is 2. The molecule has 0 unspecified atom stereocenters. The third kappa shape index (κ3) is 2.16. The molecule has 2 aromatic rings. The second kappa shape index (κ2) is 4.20. The van der Waals surface area contributed by atoms with E-state index in [1.807, 2.05) is 13.8 Å². The van der Waals surface area contributed by atoms with Crippen LogP contribution < -0.4 is 0 Å². The highest BCUT2D eigenvalue weighted by Gasteiger charge is 2.21. The Morgan fingerprint density at radius 3 is 2.82 bits per heavy atom. The largest absolute Gasteiger partial charge is 0.264 e. The van der Waals surface area contributed by atoms with Gasteiger partial charge in [-0.05, 0) is 22.5 Å². The summed E-state index contributed by atoms with van der Waals surface area (Å²) in [6, 6.07) is 1.75. The molecule has 2 heterocycles. The van der Waals surface area contributed by atoms with Crippen molar-refractivity contribution in [3.63, 3.8) is 0 Å². The van der Waals surface area contributed by atoms with Crippen molar-refractivity contribution in [2.24, 2.45) is 5.11 Å². The number of azide groups is 1. The second-order valence-electron chi connectivity index (χ2n) is 4.16. The van der Waals surface area contributed by atoms with Crippen molar-refractivity contribution in [3.05, 3.63) is 45.8 Å². The lowest BCUT2D eigenvalue weighted by molar-refractivity contribution is 0.553. The lowest BCUT2D eigenvalue weighted by Crippen LogP contribution is -2.13. The van der Waals surface area contributed by atoms with Gasteiger partial charge in [-0.15, -0.1) is 0 Å². The molecule has 2 aromatic heterocycles. The average molecular weight is 248 g/mol. The molecule has 17 heavy (non-hydrogen) atoms. The first kappa shape index (κ1) is 11.6. The van der Waals surface area contributed by atoms with Crippen molar-refractivity contribution < 1.29 is 0 Å². The van der Waals surface area contributed by atoms with E-state index in [2.05, 4.69) is 20.0 Å². The Labute approximate surface area is 103 Å². The maximum absolute atomic E-state index is 8.59. The Balaban J connectivity index is 2.77. The van der Waals surface area contributed by atoms with Crippen LogP contribution in [0, 0.1) is 0 Å². The molecule has 2 rings (SSSR count). The first-order chi connectivity index (χ1) is 8.04. The van der Waals surface area contributed by atoms with Crippen LogP contribution in [-0.2, 0) is 5.54 Å². The zero-order chi connectivity index (χ0) is 12.5.